The Kier molecular flexibility index (Phi) is 12.1. The minimum atomic E-state index is 0. The summed E-state index contributed by atoms with van der Waals surface area (Å²) in [6, 6.07) is 0.595. The average Bonchev–Trinajstić information content (AvgIpc) is 2.90. The lowest BCUT2D eigenvalue weighted by molar-refractivity contribution is 0.308. The molecule has 0 heterocycles. The Morgan fingerprint density at radius 1 is 1.30 bits per heavy atom. The van der Waals surface area contributed by atoms with Crippen LogP contribution in [-0.4, -0.2) is 61.6 Å². The topological polar surface area (TPSA) is 39.7 Å². The Hall–Kier alpha value is 0.310. The summed E-state index contributed by atoms with van der Waals surface area (Å²) in [5.74, 6) is 0.957. The van der Waals surface area contributed by atoms with Gasteiger partial charge in [0, 0.05) is 31.4 Å². The first-order chi connectivity index (χ1) is 9.23. The number of hydrogen-bond acceptors (Lipinski definition) is 3. The number of hydrogen-bond donors (Lipinski definition) is 2. The van der Waals surface area contributed by atoms with E-state index < -0.39 is 0 Å². The van der Waals surface area contributed by atoms with Gasteiger partial charge in [-0.2, -0.15) is 11.8 Å². The summed E-state index contributed by atoms with van der Waals surface area (Å²) in [4.78, 5) is 6.74. The Morgan fingerprint density at radius 2 is 2.00 bits per heavy atom. The molecule has 4 nitrogen and oxygen atoms in total. The zero-order valence-corrected chi connectivity index (χ0v) is 16.5. The molecule has 1 aliphatic carbocycles. The van der Waals surface area contributed by atoms with Crippen molar-refractivity contribution in [3.8, 4) is 0 Å². The first-order valence-electron chi connectivity index (χ1n) is 7.45. The van der Waals surface area contributed by atoms with Gasteiger partial charge >= 0.3 is 0 Å². The predicted molar refractivity (Wildman–Crippen MR) is 103 cm³/mol. The van der Waals surface area contributed by atoms with Crippen molar-refractivity contribution in [1.29, 1.82) is 0 Å². The monoisotopic (exact) mass is 414 g/mol. The van der Waals surface area contributed by atoms with E-state index in [0.717, 1.165) is 37.4 Å². The van der Waals surface area contributed by atoms with Crippen molar-refractivity contribution >= 4 is 41.7 Å². The number of thioether (sulfide) groups is 1. The fraction of sp³-hybridized carbons (Fsp3) is 0.929. The first-order valence-corrected chi connectivity index (χ1v) is 8.74. The van der Waals surface area contributed by atoms with E-state index in [2.05, 4.69) is 40.6 Å². The highest BCUT2D eigenvalue weighted by Crippen LogP contribution is 2.27. The molecule has 1 rings (SSSR count). The second kappa shape index (κ2) is 11.9. The van der Waals surface area contributed by atoms with E-state index in [4.69, 9.17) is 0 Å². The molecule has 120 valence electrons. The molecule has 0 bridgehead atoms. The minimum absolute atomic E-state index is 0. The second-order valence-electron chi connectivity index (χ2n) is 5.04. The van der Waals surface area contributed by atoms with Gasteiger partial charge in [-0.1, -0.05) is 13.8 Å². The predicted octanol–water partition coefficient (Wildman–Crippen LogP) is 2.40. The van der Waals surface area contributed by atoms with E-state index in [1.807, 2.05) is 18.8 Å². The van der Waals surface area contributed by atoms with Crippen molar-refractivity contribution < 1.29 is 0 Å². The molecule has 0 spiro atoms. The molecule has 0 aromatic heterocycles. The van der Waals surface area contributed by atoms with Crippen LogP contribution < -0.4 is 10.6 Å². The van der Waals surface area contributed by atoms with E-state index in [1.165, 1.54) is 19.3 Å². The third kappa shape index (κ3) is 7.36. The van der Waals surface area contributed by atoms with Crippen LogP contribution in [0, 0.1) is 0 Å². The molecular formula is C14H31IN4S. The van der Waals surface area contributed by atoms with Crippen LogP contribution in [0.25, 0.3) is 0 Å². The number of rotatable bonds is 7. The summed E-state index contributed by atoms with van der Waals surface area (Å²) < 4.78 is 0. The smallest absolute Gasteiger partial charge is 0.191 e. The van der Waals surface area contributed by atoms with E-state index in [0.29, 0.717) is 6.04 Å². The minimum Gasteiger partial charge on any atom is -0.355 e. The van der Waals surface area contributed by atoms with Gasteiger partial charge in [-0.05, 0) is 38.6 Å². The number of nitrogens with zero attached hydrogens (tertiary/aromatic N) is 2. The summed E-state index contributed by atoms with van der Waals surface area (Å²) >= 11 is 1.99. The maximum absolute atomic E-state index is 4.32. The first kappa shape index (κ1) is 20.3. The molecule has 0 aromatic carbocycles. The van der Waals surface area contributed by atoms with Gasteiger partial charge in [-0.3, -0.25) is 4.99 Å². The molecule has 0 saturated heterocycles. The molecule has 1 aliphatic rings. The van der Waals surface area contributed by atoms with Gasteiger partial charge < -0.3 is 15.5 Å². The lowest BCUT2D eigenvalue weighted by atomic mass is 10.2. The zero-order chi connectivity index (χ0) is 14.1. The zero-order valence-electron chi connectivity index (χ0n) is 13.3. The van der Waals surface area contributed by atoms with Crippen LogP contribution in [0.4, 0.5) is 0 Å². The summed E-state index contributed by atoms with van der Waals surface area (Å²) in [6.45, 7) is 8.67. The van der Waals surface area contributed by atoms with Crippen LogP contribution in [0.5, 0.6) is 0 Å². The van der Waals surface area contributed by atoms with Crippen LogP contribution in [0.15, 0.2) is 4.99 Å². The lowest BCUT2D eigenvalue weighted by Gasteiger charge is -2.21. The van der Waals surface area contributed by atoms with E-state index in [-0.39, 0.29) is 24.0 Å². The van der Waals surface area contributed by atoms with Gasteiger partial charge in [0.25, 0.3) is 0 Å². The summed E-state index contributed by atoms with van der Waals surface area (Å²) in [6.07, 6.45) is 6.07. The molecular weight excluding hydrogens is 383 g/mol. The van der Waals surface area contributed by atoms with Crippen LogP contribution in [0.2, 0.25) is 0 Å². The second-order valence-corrected chi connectivity index (χ2v) is 6.18. The van der Waals surface area contributed by atoms with Crippen molar-refractivity contribution in [3.05, 3.63) is 0 Å². The molecule has 0 radical (unpaired) electrons. The van der Waals surface area contributed by atoms with Gasteiger partial charge in [-0.15, -0.1) is 24.0 Å². The lowest BCUT2D eigenvalue weighted by Crippen LogP contribution is -2.45. The standard InChI is InChI=1S/C14H30N4S.HI/c1-5-18(6-2)10-9-16-14(15-3)17-12-7-8-13(11-12)19-4;/h12-13H,5-11H2,1-4H3,(H2,15,16,17);1H. The van der Waals surface area contributed by atoms with Gasteiger partial charge in [0.2, 0.25) is 0 Å². The fourth-order valence-corrected chi connectivity index (χ4v) is 3.34. The van der Waals surface area contributed by atoms with Crippen LogP contribution in [-0.2, 0) is 0 Å². The van der Waals surface area contributed by atoms with Crippen LogP contribution in [0.1, 0.15) is 33.1 Å². The number of guanidine groups is 1. The Labute approximate surface area is 145 Å². The molecule has 1 fully saturated rings. The maximum atomic E-state index is 4.32. The van der Waals surface area contributed by atoms with E-state index in [1.54, 1.807) is 0 Å². The third-order valence-electron chi connectivity index (χ3n) is 3.90. The van der Waals surface area contributed by atoms with Gasteiger partial charge in [-0.25, -0.2) is 0 Å². The molecule has 20 heavy (non-hydrogen) atoms. The van der Waals surface area contributed by atoms with Crippen molar-refractivity contribution in [2.45, 2.75) is 44.4 Å². The molecule has 0 aromatic rings. The maximum Gasteiger partial charge on any atom is 0.191 e. The summed E-state index contributed by atoms with van der Waals surface area (Å²) in [5, 5.41) is 7.79. The van der Waals surface area contributed by atoms with Gasteiger partial charge in [0.1, 0.15) is 0 Å². The Morgan fingerprint density at radius 3 is 2.50 bits per heavy atom. The quantitative estimate of drug-likeness (QED) is 0.381. The Bertz CT molecular complexity index is 272. The van der Waals surface area contributed by atoms with Crippen LogP contribution in [0.3, 0.4) is 0 Å². The van der Waals surface area contributed by atoms with Crippen molar-refractivity contribution in [3.63, 3.8) is 0 Å². The molecule has 2 N–H and O–H groups in total. The highest BCUT2D eigenvalue weighted by molar-refractivity contribution is 14.0. The molecule has 0 amide bonds. The van der Waals surface area contributed by atoms with E-state index in [9.17, 15) is 0 Å². The molecule has 2 unspecified atom stereocenters. The van der Waals surface area contributed by atoms with E-state index >= 15 is 0 Å². The number of nitrogens with one attached hydrogen (secondary N) is 2. The molecule has 2 atom stereocenters. The molecule has 6 heteroatoms. The van der Waals surface area contributed by atoms with Crippen LogP contribution >= 0.6 is 35.7 Å². The highest BCUT2D eigenvalue weighted by atomic mass is 127. The molecule has 1 saturated carbocycles. The number of halogens is 1. The summed E-state index contributed by atoms with van der Waals surface area (Å²) in [5.41, 5.74) is 0. The van der Waals surface area contributed by atoms with Crippen molar-refractivity contribution in [2.75, 3.05) is 39.5 Å². The van der Waals surface area contributed by atoms with Crippen molar-refractivity contribution in [1.82, 2.24) is 15.5 Å². The fourth-order valence-electron chi connectivity index (χ4n) is 2.55. The average molecular weight is 414 g/mol. The SMILES string of the molecule is CCN(CC)CCNC(=NC)NC1CCC(SC)C1.I. The number of aliphatic imine (C=N–C) groups is 1. The largest absolute Gasteiger partial charge is 0.355 e. The highest BCUT2D eigenvalue weighted by Gasteiger charge is 2.24. The third-order valence-corrected chi connectivity index (χ3v) is 4.99. The summed E-state index contributed by atoms with van der Waals surface area (Å²) in [7, 11) is 1.85. The van der Waals surface area contributed by atoms with Crippen molar-refractivity contribution in [2.24, 2.45) is 4.99 Å². The molecule has 0 aliphatic heterocycles. The number of likely N-dealkylation sites (N-methyl/N-ethyl adjacent to an activating group) is 1. The Balaban J connectivity index is 0.00000361. The van der Waals surface area contributed by atoms with Gasteiger partial charge in [0.15, 0.2) is 5.96 Å². The normalized spacial score (nSPS) is 22.8. The van der Waals surface area contributed by atoms with Gasteiger partial charge in [0.05, 0.1) is 0 Å².